The molecule has 0 spiro atoms. The molecular formula is C56H36N2. The lowest BCUT2D eigenvalue weighted by atomic mass is 9.89. The molecule has 0 fully saturated rings. The standard InChI is InChI=1S/C56H36N2/c1-3-13-38(14-4-1)47-19-11-12-22-50(47)54-36-53(57-56(58-54)41-16-5-2-6-17-41)40-25-23-37(24-26-40)42-27-28-44-34-46(30-29-43(44)33-42)55-49-21-10-8-18-45(49)35-52-48-20-9-7-15-39(48)31-32-51(52)55/h1-36H. The number of aromatic nitrogens is 2. The number of hydrogen-bond donors (Lipinski definition) is 0. The molecule has 0 unspecified atom stereocenters. The highest BCUT2D eigenvalue weighted by atomic mass is 14.9. The average Bonchev–Trinajstić information content (AvgIpc) is 3.31. The molecule has 2 nitrogen and oxygen atoms in total. The molecule has 0 N–H and O–H groups in total. The summed E-state index contributed by atoms with van der Waals surface area (Å²) in [5, 5.41) is 10.1. The van der Waals surface area contributed by atoms with Crippen molar-refractivity contribution >= 4 is 43.1 Å². The van der Waals surface area contributed by atoms with Gasteiger partial charge in [0.1, 0.15) is 0 Å². The van der Waals surface area contributed by atoms with E-state index >= 15 is 0 Å². The van der Waals surface area contributed by atoms with E-state index in [0.717, 1.165) is 44.8 Å². The van der Waals surface area contributed by atoms with E-state index in [1.165, 1.54) is 59.8 Å². The van der Waals surface area contributed by atoms with Crippen molar-refractivity contribution < 1.29 is 0 Å². The van der Waals surface area contributed by atoms with E-state index in [9.17, 15) is 0 Å². The molecule has 1 aromatic heterocycles. The lowest BCUT2D eigenvalue weighted by Crippen LogP contribution is -1.97. The van der Waals surface area contributed by atoms with Crippen molar-refractivity contribution in [3.63, 3.8) is 0 Å². The highest BCUT2D eigenvalue weighted by molar-refractivity contribution is 6.20. The Hall–Kier alpha value is -7.68. The van der Waals surface area contributed by atoms with Crippen molar-refractivity contribution in [3.8, 4) is 67.3 Å². The molecule has 2 heteroatoms. The van der Waals surface area contributed by atoms with Gasteiger partial charge in [-0.3, -0.25) is 0 Å². The van der Waals surface area contributed by atoms with Crippen LogP contribution >= 0.6 is 0 Å². The molecular weight excluding hydrogens is 701 g/mol. The van der Waals surface area contributed by atoms with E-state index in [0.29, 0.717) is 5.82 Å². The molecule has 0 aliphatic heterocycles. The summed E-state index contributed by atoms with van der Waals surface area (Å²) >= 11 is 0. The van der Waals surface area contributed by atoms with Gasteiger partial charge < -0.3 is 0 Å². The van der Waals surface area contributed by atoms with Gasteiger partial charge in [0.05, 0.1) is 11.4 Å². The van der Waals surface area contributed by atoms with Gasteiger partial charge in [-0.15, -0.1) is 0 Å². The molecule has 0 aliphatic rings. The van der Waals surface area contributed by atoms with Gasteiger partial charge >= 0.3 is 0 Å². The van der Waals surface area contributed by atoms with Crippen LogP contribution in [0, 0.1) is 0 Å². The Balaban J connectivity index is 0.964. The van der Waals surface area contributed by atoms with E-state index in [2.05, 4.69) is 200 Å². The SMILES string of the molecule is c1ccc(-c2nc(-c3ccc(-c4ccc5cc(-c6c7ccccc7cc7c6ccc6ccccc67)ccc5c4)cc3)cc(-c3ccccc3-c3ccccc3)n2)cc1. The topological polar surface area (TPSA) is 25.8 Å². The zero-order valence-electron chi connectivity index (χ0n) is 31.7. The minimum absolute atomic E-state index is 0.707. The fraction of sp³-hybridized carbons (Fsp3) is 0. The summed E-state index contributed by atoms with van der Waals surface area (Å²) in [6, 6.07) is 78.2. The van der Waals surface area contributed by atoms with E-state index in [1.54, 1.807) is 0 Å². The van der Waals surface area contributed by atoms with Crippen molar-refractivity contribution in [1.82, 2.24) is 9.97 Å². The van der Waals surface area contributed by atoms with Crippen molar-refractivity contribution in [1.29, 1.82) is 0 Å². The molecule has 1 heterocycles. The van der Waals surface area contributed by atoms with Gasteiger partial charge in [-0.05, 0) is 101 Å². The zero-order valence-corrected chi connectivity index (χ0v) is 31.7. The van der Waals surface area contributed by atoms with Gasteiger partial charge in [0.2, 0.25) is 0 Å². The van der Waals surface area contributed by atoms with Crippen molar-refractivity contribution in [2.45, 2.75) is 0 Å². The summed E-state index contributed by atoms with van der Waals surface area (Å²) in [5.41, 5.74) is 12.0. The Kier molecular flexibility index (Phi) is 8.19. The van der Waals surface area contributed by atoms with Gasteiger partial charge in [-0.25, -0.2) is 9.97 Å². The van der Waals surface area contributed by atoms with Crippen LogP contribution in [0.25, 0.3) is 110 Å². The molecule has 0 bridgehead atoms. The van der Waals surface area contributed by atoms with Gasteiger partial charge in [-0.1, -0.05) is 194 Å². The molecule has 0 amide bonds. The maximum Gasteiger partial charge on any atom is 0.160 e. The van der Waals surface area contributed by atoms with Gasteiger partial charge in [-0.2, -0.15) is 0 Å². The summed E-state index contributed by atoms with van der Waals surface area (Å²) < 4.78 is 0. The molecule has 10 aromatic carbocycles. The van der Waals surface area contributed by atoms with Crippen LogP contribution in [-0.2, 0) is 0 Å². The maximum absolute atomic E-state index is 5.14. The van der Waals surface area contributed by atoms with Crippen LogP contribution in [0.3, 0.4) is 0 Å². The molecule has 270 valence electrons. The smallest absolute Gasteiger partial charge is 0.160 e. The van der Waals surface area contributed by atoms with Crippen LogP contribution in [0.2, 0.25) is 0 Å². The maximum atomic E-state index is 5.14. The van der Waals surface area contributed by atoms with Crippen LogP contribution in [-0.4, -0.2) is 9.97 Å². The predicted octanol–water partition coefficient (Wildman–Crippen LogP) is 15.1. The summed E-state index contributed by atoms with van der Waals surface area (Å²) in [6.45, 7) is 0. The molecule has 11 rings (SSSR count). The summed E-state index contributed by atoms with van der Waals surface area (Å²) in [7, 11) is 0. The first kappa shape index (κ1) is 33.6. The fourth-order valence-electron chi connectivity index (χ4n) is 8.57. The number of rotatable bonds is 6. The third kappa shape index (κ3) is 6.00. The lowest BCUT2D eigenvalue weighted by Gasteiger charge is -2.15. The molecule has 58 heavy (non-hydrogen) atoms. The Labute approximate surface area is 337 Å². The van der Waals surface area contributed by atoms with Gasteiger partial charge in [0, 0.05) is 16.7 Å². The van der Waals surface area contributed by atoms with Crippen LogP contribution in [0.1, 0.15) is 0 Å². The largest absolute Gasteiger partial charge is 0.228 e. The van der Waals surface area contributed by atoms with Crippen molar-refractivity contribution in [2.24, 2.45) is 0 Å². The molecule has 0 aliphatic carbocycles. The second kappa shape index (κ2) is 14.1. The summed E-state index contributed by atoms with van der Waals surface area (Å²) in [5.74, 6) is 0.707. The van der Waals surface area contributed by atoms with Gasteiger partial charge in [0.25, 0.3) is 0 Å². The highest BCUT2D eigenvalue weighted by Crippen LogP contribution is 2.41. The first-order valence-electron chi connectivity index (χ1n) is 19.8. The minimum Gasteiger partial charge on any atom is -0.228 e. The number of nitrogens with zero attached hydrogens (tertiary/aromatic N) is 2. The Morgan fingerprint density at radius 2 is 0.793 bits per heavy atom. The predicted molar refractivity (Wildman–Crippen MR) is 245 cm³/mol. The summed E-state index contributed by atoms with van der Waals surface area (Å²) in [4.78, 5) is 10.3. The van der Waals surface area contributed by atoms with E-state index < -0.39 is 0 Å². The Morgan fingerprint density at radius 1 is 0.241 bits per heavy atom. The zero-order chi connectivity index (χ0) is 38.4. The monoisotopic (exact) mass is 736 g/mol. The number of hydrogen-bond acceptors (Lipinski definition) is 2. The highest BCUT2D eigenvalue weighted by Gasteiger charge is 2.16. The minimum atomic E-state index is 0.707. The van der Waals surface area contributed by atoms with Crippen LogP contribution < -0.4 is 0 Å². The van der Waals surface area contributed by atoms with Crippen LogP contribution in [0.15, 0.2) is 218 Å². The Bertz CT molecular complexity index is 3310. The van der Waals surface area contributed by atoms with E-state index in [4.69, 9.17) is 9.97 Å². The third-order valence-electron chi connectivity index (χ3n) is 11.5. The molecule has 0 atom stereocenters. The molecule has 0 saturated heterocycles. The average molecular weight is 737 g/mol. The quantitative estimate of drug-likeness (QED) is 0.125. The summed E-state index contributed by atoms with van der Waals surface area (Å²) in [6.07, 6.45) is 0. The number of fused-ring (bicyclic) bond motifs is 5. The second-order valence-corrected chi connectivity index (χ2v) is 14.9. The van der Waals surface area contributed by atoms with Crippen LogP contribution in [0.4, 0.5) is 0 Å². The first-order chi connectivity index (χ1) is 28.7. The van der Waals surface area contributed by atoms with Crippen molar-refractivity contribution in [2.75, 3.05) is 0 Å². The third-order valence-corrected chi connectivity index (χ3v) is 11.5. The van der Waals surface area contributed by atoms with Gasteiger partial charge in [0.15, 0.2) is 5.82 Å². The number of benzene rings is 10. The first-order valence-corrected chi connectivity index (χ1v) is 19.8. The van der Waals surface area contributed by atoms with E-state index in [-0.39, 0.29) is 0 Å². The molecule has 0 saturated carbocycles. The second-order valence-electron chi connectivity index (χ2n) is 14.9. The van der Waals surface area contributed by atoms with Crippen molar-refractivity contribution in [3.05, 3.63) is 218 Å². The Morgan fingerprint density at radius 3 is 1.57 bits per heavy atom. The lowest BCUT2D eigenvalue weighted by molar-refractivity contribution is 1.18. The fourth-order valence-corrected chi connectivity index (χ4v) is 8.57. The van der Waals surface area contributed by atoms with Crippen LogP contribution in [0.5, 0.6) is 0 Å². The van der Waals surface area contributed by atoms with E-state index in [1.807, 2.05) is 18.2 Å². The normalized spacial score (nSPS) is 11.4. The molecule has 0 radical (unpaired) electrons. The molecule has 11 aromatic rings.